The number of hydrogen-bond acceptors (Lipinski definition) is 5. The zero-order valence-electron chi connectivity index (χ0n) is 11.7. The molecule has 3 nitrogen and oxygen atoms in total. The van der Waals surface area contributed by atoms with Crippen LogP contribution < -0.4 is 0 Å². The largest absolute Gasteiger partial charge is 0.379 e. The molecular formula is C13H25NO2S2. The Hall–Kier alpha value is 0.290. The van der Waals surface area contributed by atoms with Crippen molar-refractivity contribution in [2.75, 3.05) is 50.6 Å². The average molecular weight is 291 g/mol. The van der Waals surface area contributed by atoms with Gasteiger partial charge in [-0.3, -0.25) is 9.69 Å². The lowest BCUT2D eigenvalue weighted by Crippen LogP contribution is -2.37. The van der Waals surface area contributed by atoms with Crippen LogP contribution in [-0.2, 0) is 9.53 Å². The first-order chi connectivity index (χ1) is 8.53. The Morgan fingerprint density at radius 1 is 1.28 bits per heavy atom. The highest BCUT2D eigenvalue weighted by molar-refractivity contribution is 8.13. The van der Waals surface area contributed by atoms with Crippen LogP contribution in [0.25, 0.3) is 0 Å². The van der Waals surface area contributed by atoms with Crippen LogP contribution in [0.4, 0.5) is 0 Å². The lowest BCUT2D eigenvalue weighted by atomic mass is 10.0. The monoisotopic (exact) mass is 291 g/mol. The average Bonchev–Trinajstić information content (AvgIpc) is 2.35. The smallest absolute Gasteiger partial charge is 0.190 e. The molecule has 0 aromatic carbocycles. The highest BCUT2D eigenvalue weighted by Gasteiger charge is 2.19. The van der Waals surface area contributed by atoms with Gasteiger partial charge in [-0.1, -0.05) is 25.6 Å². The number of rotatable bonds is 7. The van der Waals surface area contributed by atoms with Crippen molar-refractivity contribution in [2.24, 2.45) is 5.41 Å². The van der Waals surface area contributed by atoms with Crippen LogP contribution >= 0.6 is 23.5 Å². The predicted octanol–water partition coefficient (Wildman–Crippen LogP) is 2.36. The molecule has 18 heavy (non-hydrogen) atoms. The third-order valence-electron chi connectivity index (χ3n) is 2.89. The molecule has 1 aliphatic rings. The zero-order valence-corrected chi connectivity index (χ0v) is 13.4. The zero-order chi connectivity index (χ0) is 13.4. The van der Waals surface area contributed by atoms with Gasteiger partial charge in [-0.2, -0.15) is 11.8 Å². The molecular weight excluding hydrogens is 266 g/mol. The number of morpholine rings is 1. The Morgan fingerprint density at radius 3 is 2.56 bits per heavy atom. The molecule has 0 radical (unpaired) electrons. The highest BCUT2D eigenvalue weighted by atomic mass is 32.2. The molecule has 1 fully saturated rings. The highest BCUT2D eigenvalue weighted by Crippen LogP contribution is 2.26. The van der Waals surface area contributed by atoms with E-state index in [1.807, 2.05) is 11.8 Å². The van der Waals surface area contributed by atoms with Crippen LogP contribution in [0.3, 0.4) is 0 Å². The van der Waals surface area contributed by atoms with Gasteiger partial charge in [-0.15, -0.1) is 0 Å². The summed E-state index contributed by atoms with van der Waals surface area (Å²) in [5.74, 6) is 2.03. The van der Waals surface area contributed by atoms with Crippen LogP contribution in [0.2, 0.25) is 0 Å². The van der Waals surface area contributed by atoms with Crippen molar-refractivity contribution in [3.05, 3.63) is 0 Å². The molecule has 0 spiro atoms. The Kier molecular flexibility index (Phi) is 7.68. The third kappa shape index (κ3) is 7.02. The fourth-order valence-electron chi connectivity index (χ4n) is 1.85. The Labute approximate surface area is 119 Å². The van der Waals surface area contributed by atoms with E-state index in [1.165, 1.54) is 11.8 Å². The first-order valence-electron chi connectivity index (χ1n) is 6.48. The van der Waals surface area contributed by atoms with E-state index in [9.17, 15) is 4.79 Å². The molecule has 1 heterocycles. The number of carbonyl (C=O) groups is 1. The molecule has 1 rings (SSSR count). The normalized spacial score (nSPS) is 17.9. The van der Waals surface area contributed by atoms with E-state index in [2.05, 4.69) is 25.0 Å². The van der Waals surface area contributed by atoms with Crippen LogP contribution in [0.5, 0.6) is 0 Å². The summed E-state index contributed by atoms with van der Waals surface area (Å²) in [6, 6.07) is 0. The van der Waals surface area contributed by atoms with E-state index in [-0.39, 0.29) is 5.41 Å². The van der Waals surface area contributed by atoms with E-state index in [0.29, 0.717) is 11.5 Å². The minimum Gasteiger partial charge on any atom is -0.379 e. The molecule has 0 aromatic heterocycles. The molecule has 0 aromatic rings. The second kappa shape index (κ2) is 8.46. The first kappa shape index (κ1) is 16.3. The van der Waals surface area contributed by atoms with Gasteiger partial charge in [0.15, 0.2) is 5.12 Å². The molecule has 0 atom stereocenters. The maximum absolute atomic E-state index is 11.8. The summed E-state index contributed by atoms with van der Waals surface area (Å²) in [7, 11) is 0. The summed E-state index contributed by atoms with van der Waals surface area (Å²) in [5.41, 5.74) is 0.249. The van der Waals surface area contributed by atoms with Gasteiger partial charge in [0, 0.05) is 31.8 Å². The fourth-order valence-corrected chi connectivity index (χ4v) is 3.76. The number of carbonyl (C=O) groups excluding carboxylic acids is 1. The number of hydrogen-bond donors (Lipinski definition) is 0. The van der Waals surface area contributed by atoms with Crippen molar-refractivity contribution < 1.29 is 9.53 Å². The summed E-state index contributed by atoms with van der Waals surface area (Å²) in [5, 5.41) is 0.329. The maximum Gasteiger partial charge on any atom is 0.190 e. The topological polar surface area (TPSA) is 29.5 Å². The van der Waals surface area contributed by atoms with Crippen molar-refractivity contribution in [1.82, 2.24) is 4.90 Å². The minimum absolute atomic E-state index is 0.249. The summed E-state index contributed by atoms with van der Waals surface area (Å²) >= 11 is 3.35. The van der Waals surface area contributed by atoms with E-state index in [4.69, 9.17) is 4.74 Å². The molecule has 0 aliphatic carbocycles. The summed E-state index contributed by atoms with van der Waals surface area (Å²) in [6.07, 6.45) is 2.78. The van der Waals surface area contributed by atoms with Gasteiger partial charge < -0.3 is 4.74 Å². The van der Waals surface area contributed by atoms with Gasteiger partial charge in [0.2, 0.25) is 0 Å². The molecule has 0 amide bonds. The van der Waals surface area contributed by atoms with Crippen molar-refractivity contribution in [2.45, 2.75) is 20.3 Å². The predicted molar refractivity (Wildman–Crippen MR) is 81.5 cm³/mol. The third-order valence-corrected chi connectivity index (χ3v) is 5.42. The fraction of sp³-hybridized carbons (Fsp3) is 0.923. The van der Waals surface area contributed by atoms with Gasteiger partial charge >= 0.3 is 0 Å². The van der Waals surface area contributed by atoms with Gasteiger partial charge in [0.25, 0.3) is 0 Å². The maximum atomic E-state index is 11.8. The number of ether oxygens (including phenoxy) is 1. The summed E-state index contributed by atoms with van der Waals surface area (Å²) < 4.78 is 5.29. The molecule has 1 saturated heterocycles. The van der Waals surface area contributed by atoms with Gasteiger partial charge in [-0.25, -0.2) is 0 Å². The van der Waals surface area contributed by atoms with E-state index in [1.54, 1.807) is 0 Å². The van der Waals surface area contributed by atoms with Crippen LogP contribution in [-0.4, -0.2) is 60.6 Å². The van der Waals surface area contributed by atoms with Crippen molar-refractivity contribution >= 4 is 28.6 Å². The Morgan fingerprint density at radius 2 is 1.94 bits per heavy atom. The van der Waals surface area contributed by atoms with Crippen LogP contribution in [0.15, 0.2) is 0 Å². The first-order valence-corrected chi connectivity index (χ1v) is 8.86. The van der Waals surface area contributed by atoms with Crippen LogP contribution in [0, 0.1) is 5.41 Å². The summed E-state index contributed by atoms with van der Waals surface area (Å²) in [6.45, 7) is 8.89. The van der Waals surface area contributed by atoms with E-state index in [0.717, 1.165) is 44.4 Å². The quantitative estimate of drug-likeness (QED) is 0.718. The molecule has 106 valence electrons. The van der Waals surface area contributed by atoms with Crippen molar-refractivity contribution in [3.8, 4) is 0 Å². The van der Waals surface area contributed by atoms with Gasteiger partial charge in [0.1, 0.15) is 0 Å². The summed E-state index contributed by atoms with van der Waals surface area (Å²) in [4.78, 5) is 14.1. The second-order valence-electron chi connectivity index (χ2n) is 5.46. The molecule has 0 bridgehead atoms. The number of nitrogens with zero attached hydrogens (tertiary/aromatic N) is 1. The number of thioether (sulfide) groups is 2. The van der Waals surface area contributed by atoms with Crippen molar-refractivity contribution in [3.63, 3.8) is 0 Å². The molecule has 5 heteroatoms. The SMILES string of the molecule is CSCC(C)(C)CSC(=O)CCN1CCOCC1. The van der Waals surface area contributed by atoms with Gasteiger partial charge in [-0.05, 0) is 17.4 Å². The molecule has 0 unspecified atom stereocenters. The second-order valence-corrected chi connectivity index (χ2v) is 7.36. The van der Waals surface area contributed by atoms with Gasteiger partial charge in [0.05, 0.1) is 13.2 Å². The molecule has 0 saturated carbocycles. The molecule has 0 N–H and O–H groups in total. The van der Waals surface area contributed by atoms with Crippen LogP contribution in [0.1, 0.15) is 20.3 Å². The minimum atomic E-state index is 0.249. The standard InChI is InChI=1S/C13H25NO2S2/c1-13(2,10-17-3)11-18-12(15)4-5-14-6-8-16-9-7-14/h4-11H2,1-3H3. The lowest BCUT2D eigenvalue weighted by Gasteiger charge is -2.26. The Balaban J connectivity index is 2.13. The Bertz CT molecular complexity index is 253. The van der Waals surface area contributed by atoms with E-state index >= 15 is 0 Å². The van der Waals surface area contributed by atoms with Crippen molar-refractivity contribution in [1.29, 1.82) is 0 Å². The molecule has 1 aliphatic heterocycles. The van der Waals surface area contributed by atoms with E-state index < -0.39 is 0 Å². The lowest BCUT2D eigenvalue weighted by molar-refractivity contribution is -0.111.